The molecule has 0 bridgehead atoms. The standard InChI is InChI=1S/C12H21N3O3S/c1-4-9(8-18-3)15-10-5-6-12(11(13)7-10)19(16,17)14-2/h5-7,9,14-15H,4,8,13H2,1-3H3. The number of anilines is 2. The third-order valence-electron chi connectivity index (χ3n) is 2.80. The van der Waals surface area contributed by atoms with Crippen LogP contribution in [0.2, 0.25) is 0 Å². The van der Waals surface area contributed by atoms with Gasteiger partial charge < -0.3 is 15.8 Å². The molecule has 0 saturated heterocycles. The van der Waals surface area contributed by atoms with E-state index in [0.717, 1.165) is 12.1 Å². The highest BCUT2D eigenvalue weighted by Gasteiger charge is 2.15. The average molecular weight is 287 g/mol. The van der Waals surface area contributed by atoms with Crippen molar-refractivity contribution in [2.45, 2.75) is 24.3 Å². The number of nitrogens with one attached hydrogen (secondary N) is 2. The van der Waals surface area contributed by atoms with Gasteiger partial charge in [-0.1, -0.05) is 6.92 Å². The normalized spacial score (nSPS) is 13.2. The Balaban J connectivity index is 2.94. The Morgan fingerprint density at radius 3 is 2.58 bits per heavy atom. The van der Waals surface area contributed by atoms with Gasteiger partial charge in [-0.2, -0.15) is 0 Å². The first-order valence-electron chi connectivity index (χ1n) is 6.03. The molecule has 0 fully saturated rings. The second-order valence-electron chi connectivity index (χ2n) is 4.17. The summed E-state index contributed by atoms with van der Waals surface area (Å²) >= 11 is 0. The van der Waals surface area contributed by atoms with Crippen LogP contribution in [0.15, 0.2) is 23.1 Å². The lowest BCUT2D eigenvalue weighted by atomic mass is 10.2. The molecule has 0 radical (unpaired) electrons. The molecule has 0 aliphatic heterocycles. The van der Waals surface area contributed by atoms with Gasteiger partial charge in [0.15, 0.2) is 0 Å². The first kappa shape index (κ1) is 15.7. The number of hydrogen-bond acceptors (Lipinski definition) is 5. The zero-order valence-electron chi connectivity index (χ0n) is 11.4. The van der Waals surface area contributed by atoms with E-state index in [2.05, 4.69) is 10.0 Å². The molecule has 0 heterocycles. The Morgan fingerprint density at radius 2 is 2.11 bits per heavy atom. The highest BCUT2D eigenvalue weighted by molar-refractivity contribution is 7.89. The van der Waals surface area contributed by atoms with Gasteiger partial charge in [0.05, 0.1) is 12.3 Å². The quantitative estimate of drug-likeness (QED) is 0.651. The summed E-state index contributed by atoms with van der Waals surface area (Å²) in [7, 11) is -0.523. The minimum absolute atomic E-state index is 0.0836. The summed E-state index contributed by atoms with van der Waals surface area (Å²) < 4.78 is 30.7. The molecule has 0 spiro atoms. The molecular weight excluding hydrogens is 266 g/mol. The van der Waals surface area contributed by atoms with Crippen molar-refractivity contribution >= 4 is 21.4 Å². The largest absolute Gasteiger partial charge is 0.398 e. The number of sulfonamides is 1. The number of methoxy groups -OCH3 is 1. The average Bonchev–Trinajstić information content (AvgIpc) is 2.38. The molecule has 1 rings (SSSR count). The molecule has 6 nitrogen and oxygen atoms in total. The van der Waals surface area contributed by atoms with Gasteiger partial charge >= 0.3 is 0 Å². The van der Waals surface area contributed by atoms with Crippen molar-refractivity contribution < 1.29 is 13.2 Å². The summed E-state index contributed by atoms with van der Waals surface area (Å²) in [6.45, 7) is 2.62. The van der Waals surface area contributed by atoms with E-state index >= 15 is 0 Å². The molecule has 0 aliphatic carbocycles. The first-order valence-corrected chi connectivity index (χ1v) is 7.51. The smallest absolute Gasteiger partial charge is 0.242 e. The maximum absolute atomic E-state index is 11.7. The molecule has 1 aromatic rings. The molecule has 108 valence electrons. The van der Waals surface area contributed by atoms with E-state index in [1.54, 1.807) is 19.2 Å². The van der Waals surface area contributed by atoms with Crippen LogP contribution in [0.5, 0.6) is 0 Å². The minimum atomic E-state index is -3.52. The van der Waals surface area contributed by atoms with Crippen LogP contribution in [-0.4, -0.2) is 35.2 Å². The Kier molecular flexibility index (Phi) is 5.59. The number of ether oxygens (including phenoxy) is 1. The predicted octanol–water partition coefficient (Wildman–Crippen LogP) is 1.01. The van der Waals surface area contributed by atoms with Crippen LogP contribution in [0.3, 0.4) is 0 Å². The maximum Gasteiger partial charge on any atom is 0.242 e. The second kappa shape index (κ2) is 6.74. The van der Waals surface area contributed by atoms with Gasteiger partial charge in [0, 0.05) is 18.8 Å². The molecule has 0 aromatic heterocycles. The van der Waals surface area contributed by atoms with Crippen molar-refractivity contribution in [1.82, 2.24) is 4.72 Å². The van der Waals surface area contributed by atoms with Crippen molar-refractivity contribution in [3.8, 4) is 0 Å². The van der Waals surface area contributed by atoms with Crippen LogP contribution in [-0.2, 0) is 14.8 Å². The Bertz CT molecular complexity index is 517. The molecule has 1 aromatic carbocycles. The van der Waals surface area contributed by atoms with Crippen LogP contribution in [0.25, 0.3) is 0 Å². The summed E-state index contributed by atoms with van der Waals surface area (Å²) in [4.78, 5) is 0.0836. The van der Waals surface area contributed by atoms with Crippen molar-refractivity contribution in [3.05, 3.63) is 18.2 Å². The van der Waals surface area contributed by atoms with Gasteiger partial charge in [-0.15, -0.1) is 0 Å². The van der Waals surface area contributed by atoms with E-state index in [0.29, 0.717) is 6.61 Å². The Hall–Kier alpha value is -1.31. The fraction of sp³-hybridized carbons (Fsp3) is 0.500. The Labute approximate surface area is 114 Å². The highest BCUT2D eigenvalue weighted by atomic mass is 32.2. The van der Waals surface area contributed by atoms with Gasteiger partial charge in [0.2, 0.25) is 10.0 Å². The van der Waals surface area contributed by atoms with Gasteiger partial charge in [-0.25, -0.2) is 13.1 Å². The second-order valence-corrected chi connectivity index (χ2v) is 6.02. The van der Waals surface area contributed by atoms with Crippen LogP contribution in [0.1, 0.15) is 13.3 Å². The zero-order valence-corrected chi connectivity index (χ0v) is 12.3. The number of nitrogen functional groups attached to an aromatic ring is 1. The highest BCUT2D eigenvalue weighted by Crippen LogP contribution is 2.22. The molecule has 0 amide bonds. The van der Waals surface area contributed by atoms with Crippen LogP contribution >= 0.6 is 0 Å². The zero-order chi connectivity index (χ0) is 14.5. The molecular formula is C12H21N3O3S. The van der Waals surface area contributed by atoms with E-state index < -0.39 is 10.0 Å². The molecule has 0 saturated carbocycles. The SMILES string of the molecule is CCC(COC)Nc1ccc(S(=O)(=O)NC)c(N)c1. The van der Waals surface area contributed by atoms with E-state index in [-0.39, 0.29) is 16.6 Å². The van der Waals surface area contributed by atoms with Crippen molar-refractivity contribution in [2.24, 2.45) is 0 Å². The Morgan fingerprint density at radius 1 is 1.42 bits per heavy atom. The predicted molar refractivity (Wildman–Crippen MR) is 76.7 cm³/mol. The molecule has 19 heavy (non-hydrogen) atoms. The fourth-order valence-corrected chi connectivity index (χ4v) is 2.53. The summed E-state index contributed by atoms with van der Waals surface area (Å²) in [6.07, 6.45) is 0.893. The fourth-order valence-electron chi connectivity index (χ4n) is 1.69. The lowest BCUT2D eigenvalue weighted by Gasteiger charge is -2.18. The van der Waals surface area contributed by atoms with Gasteiger partial charge in [-0.05, 0) is 31.7 Å². The molecule has 7 heteroatoms. The van der Waals surface area contributed by atoms with Crippen molar-refractivity contribution in [2.75, 3.05) is 31.8 Å². The number of benzene rings is 1. The summed E-state index contributed by atoms with van der Waals surface area (Å²) in [6, 6.07) is 4.96. The number of hydrogen-bond donors (Lipinski definition) is 3. The van der Waals surface area contributed by atoms with Gasteiger partial charge in [0.1, 0.15) is 4.90 Å². The molecule has 0 aliphatic rings. The number of nitrogens with two attached hydrogens (primary N) is 1. The monoisotopic (exact) mass is 287 g/mol. The van der Waals surface area contributed by atoms with Crippen LogP contribution in [0, 0.1) is 0 Å². The van der Waals surface area contributed by atoms with Crippen molar-refractivity contribution in [3.63, 3.8) is 0 Å². The first-order chi connectivity index (χ1) is 8.94. The molecule has 4 N–H and O–H groups in total. The minimum Gasteiger partial charge on any atom is -0.398 e. The van der Waals surface area contributed by atoms with Gasteiger partial charge in [-0.3, -0.25) is 0 Å². The lowest BCUT2D eigenvalue weighted by molar-refractivity contribution is 0.184. The lowest BCUT2D eigenvalue weighted by Crippen LogP contribution is -2.24. The summed E-state index contributed by atoms with van der Waals surface area (Å²) in [5, 5.41) is 3.25. The van der Waals surface area contributed by atoms with Crippen LogP contribution in [0.4, 0.5) is 11.4 Å². The van der Waals surface area contributed by atoms with E-state index in [1.807, 2.05) is 6.92 Å². The van der Waals surface area contributed by atoms with Crippen molar-refractivity contribution in [1.29, 1.82) is 0 Å². The van der Waals surface area contributed by atoms with E-state index in [1.165, 1.54) is 13.1 Å². The maximum atomic E-state index is 11.7. The van der Waals surface area contributed by atoms with E-state index in [9.17, 15) is 8.42 Å². The third kappa shape index (κ3) is 4.09. The van der Waals surface area contributed by atoms with E-state index in [4.69, 9.17) is 10.5 Å². The third-order valence-corrected chi connectivity index (χ3v) is 4.29. The topological polar surface area (TPSA) is 93.4 Å². The molecule has 1 unspecified atom stereocenters. The van der Waals surface area contributed by atoms with Gasteiger partial charge in [0.25, 0.3) is 0 Å². The number of rotatable bonds is 7. The molecule has 1 atom stereocenters. The van der Waals surface area contributed by atoms with Crippen LogP contribution < -0.4 is 15.8 Å². The summed E-state index contributed by atoms with van der Waals surface area (Å²) in [5.41, 5.74) is 6.77. The summed E-state index contributed by atoms with van der Waals surface area (Å²) in [5.74, 6) is 0.